The fourth-order valence-electron chi connectivity index (χ4n) is 3.17. The fraction of sp³-hybridized carbons (Fsp3) is 0.273. The maximum Gasteiger partial charge on any atom is 0.155 e. The Morgan fingerprint density at radius 1 is 1.21 bits per heavy atom. The molecular weight excluding hydrogens is 352 g/mol. The van der Waals surface area contributed by atoms with E-state index < -0.39 is 0 Å². The van der Waals surface area contributed by atoms with Gasteiger partial charge in [0, 0.05) is 13.6 Å². The molecule has 0 saturated carbocycles. The van der Waals surface area contributed by atoms with Gasteiger partial charge in [-0.05, 0) is 43.8 Å². The normalized spacial score (nSPS) is 12.1. The number of aryl methyl sites for hydroxylation is 1. The van der Waals surface area contributed by atoms with E-state index in [9.17, 15) is 10.4 Å². The molecule has 2 aromatic carbocycles. The Morgan fingerprint density at radius 3 is 2.57 bits per heavy atom. The molecule has 0 bridgehead atoms. The number of benzene rings is 2. The number of para-hydroxylation sites is 2. The number of rotatable bonds is 7. The average Bonchev–Trinajstić information content (AvgIpc) is 3.01. The third-order valence-corrected chi connectivity index (χ3v) is 4.52. The molecule has 1 aromatic heterocycles. The summed E-state index contributed by atoms with van der Waals surface area (Å²) in [6.45, 7) is 3.47. The van der Waals surface area contributed by atoms with Crippen LogP contribution in [0.3, 0.4) is 0 Å². The number of likely N-dealkylation sites (N-methyl/N-ethyl adjacent to an activating group) is 1. The van der Waals surface area contributed by atoms with Gasteiger partial charge in [-0.1, -0.05) is 24.3 Å². The maximum atomic E-state index is 10.6. The molecule has 0 unspecified atom stereocenters. The van der Waals surface area contributed by atoms with Crippen molar-refractivity contribution in [2.45, 2.75) is 13.5 Å². The van der Waals surface area contributed by atoms with Crippen molar-refractivity contribution < 1.29 is 9.84 Å². The van der Waals surface area contributed by atoms with Crippen molar-refractivity contribution in [3.63, 3.8) is 0 Å². The highest BCUT2D eigenvalue weighted by Gasteiger charge is 2.17. The predicted molar refractivity (Wildman–Crippen MR) is 110 cm³/mol. The first-order chi connectivity index (χ1) is 13.5. The summed E-state index contributed by atoms with van der Waals surface area (Å²) < 4.78 is 7.29. The molecule has 0 fully saturated rings. The number of ether oxygens (including phenoxy) is 1. The van der Waals surface area contributed by atoms with E-state index in [-0.39, 0.29) is 17.9 Å². The molecule has 0 aliphatic rings. The van der Waals surface area contributed by atoms with Crippen LogP contribution in [0.5, 0.6) is 5.75 Å². The van der Waals surface area contributed by atoms with Gasteiger partial charge in [-0.3, -0.25) is 4.90 Å². The van der Waals surface area contributed by atoms with Crippen LogP contribution in [0.1, 0.15) is 18.3 Å². The second-order valence-electron chi connectivity index (χ2n) is 6.67. The second kappa shape index (κ2) is 8.59. The highest BCUT2D eigenvalue weighted by molar-refractivity contribution is 5.83. The highest BCUT2D eigenvalue weighted by Crippen LogP contribution is 2.22. The van der Waals surface area contributed by atoms with Crippen molar-refractivity contribution in [2.24, 2.45) is 7.05 Å². The van der Waals surface area contributed by atoms with E-state index in [1.807, 2.05) is 79.0 Å². The molecule has 6 heteroatoms. The number of imidazole rings is 1. The van der Waals surface area contributed by atoms with Crippen LogP contribution in [0.2, 0.25) is 0 Å². The molecular formula is C22H24N4O2. The van der Waals surface area contributed by atoms with Crippen LogP contribution in [-0.2, 0) is 13.6 Å². The average molecular weight is 376 g/mol. The quantitative estimate of drug-likeness (QED) is 0.500. The zero-order chi connectivity index (χ0) is 20.1. The number of aliphatic hydroxyl groups excluding tert-OH is 1. The van der Waals surface area contributed by atoms with Gasteiger partial charge < -0.3 is 14.4 Å². The van der Waals surface area contributed by atoms with Gasteiger partial charge in [0.25, 0.3) is 0 Å². The fourth-order valence-corrected chi connectivity index (χ4v) is 3.17. The van der Waals surface area contributed by atoms with Gasteiger partial charge in [0.2, 0.25) is 0 Å². The Balaban J connectivity index is 1.78. The Morgan fingerprint density at radius 2 is 1.93 bits per heavy atom. The van der Waals surface area contributed by atoms with Gasteiger partial charge in [0.1, 0.15) is 23.2 Å². The van der Waals surface area contributed by atoms with Crippen LogP contribution >= 0.6 is 0 Å². The topological polar surface area (TPSA) is 74.3 Å². The summed E-state index contributed by atoms with van der Waals surface area (Å²) in [5.74, 6) is 1.32. The van der Waals surface area contributed by atoms with E-state index in [1.165, 1.54) is 0 Å². The summed E-state index contributed by atoms with van der Waals surface area (Å²) in [7, 11) is 3.75. The first-order valence-corrected chi connectivity index (χ1v) is 9.17. The first kappa shape index (κ1) is 19.5. The molecule has 0 saturated heterocycles. The lowest BCUT2D eigenvalue weighted by molar-refractivity contribution is 0.285. The molecule has 1 N–H and O–H groups in total. The van der Waals surface area contributed by atoms with Gasteiger partial charge >= 0.3 is 0 Å². The van der Waals surface area contributed by atoms with E-state index in [0.29, 0.717) is 19.0 Å². The summed E-state index contributed by atoms with van der Waals surface area (Å²) in [4.78, 5) is 6.46. The predicted octanol–water partition coefficient (Wildman–Crippen LogP) is 3.90. The third kappa shape index (κ3) is 4.16. The van der Waals surface area contributed by atoms with Gasteiger partial charge in [-0.2, -0.15) is 5.26 Å². The van der Waals surface area contributed by atoms with Gasteiger partial charge in [0.05, 0.1) is 24.2 Å². The second-order valence-corrected chi connectivity index (χ2v) is 6.67. The van der Waals surface area contributed by atoms with Crippen LogP contribution in [-0.4, -0.2) is 39.8 Å². The first-order valence-electron chi connectivity index (χ1n) is 9.17. The van der Waals surface area contributed by atoms with Gasteiger partial charge in [-0.15, -0.1) is 0 Å². The van der Waals surface area contributed by atoms with E-state index in [2.05, 4.69) is 11.1 Å². The number of allylic oxidation sites excluding steroid dienone is 1. The molecule has 6 nitrogen and oxygen atoms in total. The summed E-state index contributed by atoms with van der Waals surface area (Å²) in [5.41, 5.74) is 3.00. The van der Waals surface area contributed by atoms with Crippen LogP contribution in [0, 0.1) is 11.3 Å². The van der Waals surface area contributed by atoms with Crippen molar-refractivity contribution in [3.05, 3.63) is 65.7 Å². The zero-order valence-corrected chi connectivity index (χ0v) is 16.4. The molecule has 28 heavy (non-hydrogen) atoms. The molecule has 0 aliphatic heterocycles. The number of aromatic nitrogens is 2. The van der Waals surface area contributed by atoms with Crippen molar-refractivity contribution in [2.75, 3.05) is 20.2 Å². The van der Waals surface area contributed by atoms with Crippen LogP contribution in [0.25, 0.3) is 16.6 Å². The van der Waals surface area contributed by atoms with Gasteiger partial charge in [0.15, 0.2) is 5.82 Å². The third-order valence-electron chi connectivity index (χ3n) is 4.52. The number of nitriles is 1. The summed E-state index contributed by atoms with van der Waals surface area (Å²) >= 11 is 0. The molecule has 0 amide bonds. The molecule has 3 aromatic rings. The lowest BCUT2D eigenvalue weighted by atomic mass is 10.2. The number of aliphatic hydroxyl groups is 1. The Labute approximate surface area is 164 Å². The largest absolute Gasteiger partial charge is 0.509 e. The summed E-state index contributed by atoms with van der Waals surface area (Å²) in [6.07, 6.45) is 0. The minimum absolute atomic E-state index is 0.00865. The SMILES string of the molecule is CCOc1ccc(CN(C)C/C(O)=C(\C#N)c2nc3ccccc3n2C)cc1. The van der Waals surface area contributed by atoms with Crippen molar-refractivity contribution in [1.82, 2.24) is 14.5 Å². The monoisotopic (exact) mass is 376 g/mol. The molecule has 0 atom stereocenters. The summed E-state index contributed by atoms with van der Waals surface area (Å²) in [5, 5.41) is 20.2. The van der Waals surface area contributed by atoms with Crippen LogP contribution < -0.4 is 4.74 Å². The Kier molecular flexibility index (Phi) is 5.97. The molecule has 1 heterocycles. The number of fused-ring (bicyclic) bond motifs is 1. The zero-order valence-electron chi connectivity index (χ0n) is 16.4. The molecule has 0 spiro atoms. The Bertz CT molecular complexity index is 1030. The van der Waals surface area contributed by atoms with Crippen molar-refractivity contribution in [3.8, 4) is 11.8 Å². The molecule has 0 aliphatic carbocycles. The molecule has 3 rings (SSSR count). The number of nitrogens with zero attached hydrogens (tertiary/aromatic N) is 4. The van der Waals surface area contributed by atoms with Crippen LogP contribution in [0.15, 0.2) is 54.3 Å². The van der Waals surface area contributed by atoms with E-state index in [1.54, 1.807) is 0 Å². The Hall–Kier alpha value is -3.30. The van der Waals surface area contributed by atoms with Gasteiger partial charge in [-0.25, -0.2) is 4.98 Å². The number of hydrogen-bond donors (Lipinski definition) is 1. The molecule has 0 radical (unpaired) electrons. The van der Waals surface area contributed by atoms with Crippen LogP contribution in [0.4, 0.5) is 0 Å². The lowest BCUT2D eigenvalue weighted by Gasteiger charge is -2.17. The van der Waals surface area contributed by atoms with E-state index in [0.717, 1.165) is 22.3 Å². The van der Waals surface area contributed by atoms with Crippen molar-refractivity contribution in [1.29, 1.82) is 5.26 Å². The minimum Gasteiger partial charge on any atom is -0.509 e. The highest BCUT2D eigenvalue weighted by atomic mass is 16.5. The van der Waals surface area contributed by atoms with E-state index in [4.69, 9.17) is 4.74 Å². The summed E-state index contributed by atoms with van der Waals surface area (Å²) in [6, 6.07) is 17.6. The maximum absolute atomic E-state index is 10.6. The smallest absolute Gasteiger partial charge is 0.155 e. The number of hydrogen-bond acceptors (Lipinski definition) is 5. The molecule has 144 valence electrons. The van der Waals surface area contributed by atoms with Crippen molar-refractivity contribution >= 4 is 16.6 Å². The lowest BCUT2D eigenvalue weighted by Crippen LogP contribution is -2.21. The minimum atomic E-state index is 0.00865. The van der Waals surface area contributed by atoms with E-state index >= 15 is 0 Å². The standard InChI is InChI=1S/C22H24N4O2/c1-4-28-17-11-9-16(10-12-17)14-25(2)15-21(27)18(13-23)22-24-19-7-5-6-8-20(19)26(22)3/h5-12,27H,4,14-15H2,1-3H3/b21-18-.